The largest absolute Gasteiger partial charge is 0.361 e. The van der Waals surface area contributed by atoms with E-state index in [1.165, 1.54) is 37.9 Å². The molecule has 0 saturated carbocycles. The van der Waals surface area contributed by atoms with Crippen molar-refractivity contribution in [2.45, 2.75) is 32.4 Å². The highest BCUT2D eigenvalue weighted by molar-refractivity contribution is 6.21. The van der Waals surface area contributed by atoms with Crippen LogP contribution in [0.2, 0.25) is 0 Å². The highest BCUT2D eigenvalue weighted by Gasteiger charge is 2.20. The molecule has 0 bridgehead atoms. The fraction of sp³-hybridized carbons (Fsp3) is 0.318. The number of piperidine rings is 1. The monoisotopic (exact) mass is 347 g/mol. The fourth-order valence-corrected chi connectivity index (χ4v) is 3.71. The van der Waals surface area contributed by atoms with Crippen LogP contribution in [0.25, 0.3) is 5.57 Å². The summed E-state index contributed by atoms with van der Waals surface area (Å²) in [6, 6.07) is 16.5. The van der Waals surface area contributed by atoms with Gasteiger partial charge >= 0.3 is 0 Å². The molecule has 0 unspecified atom stereocenters. The van der Waals surface area contributed by atoms with E-state index in [0.717, 1.165) is 23.4 Å². The second-order valence-electron chi connectivity index (χ2n) is 7.08. The Labute approximate surface area is 154 Å². The first-order valence-corrected chi connectivity index (χ1v) is 9.44. The van der Waals surface area contributed by atoms with E-state index in [1.54, 1.807) is 0 Å². The van der Waals surface area contributed by atoms with Gasteiger partial charge in [-0.3, -0.25) is 9.69 Å². The molecular formula is C22H25N3O. The molecule has 4 heteroatoms. The molecule has 2 aliphatic heterocycles. The van der Waals surface area contributed by atoms with Gasteiger partial charge in [-0.25, -0.2) is 0 Å². The number of carbonyl (C=O) groups is 1. The van der Waals surface area contributed by atoms with Crippen LogP contribution in [0.15, 0.2) is 54.7 Å². The third-order valence-electron chi connectivity index (χ3n) is 5.18. The second kappa shape index (κ2) is 7.75. The summed E-state index contributed by atoms with van der Waals surface area (Å²) in [4.78, 5) is 14.8. The van der Waals surface area contributed by atoms with Crippen molar-refractivity contribution in [2.24, 2.45) is 0 Å². The number of rotatable bonds is 4. The first kappa shape index (κ1) is 16.9. The summed E-state index contributed by atoms with van der Waals surface area (Å²) < 4.78 is 0. The van der Waals surface area contributed by atoms with Crippen LogP contribution in [0.4, 0.5) is 5.69 Å². The average Bonchev–Trinajstić information content (AvgIpc) is 2.69. The van der Waals surface area contributed by atoms with Crippen LogP contribution in [0.3, 0.4) is 0 Å². The summed E-state index contributed by atoms with van der Waals surface area (Å²) >= 11 is 0. The molecule has 4 nitrogen and oxygen atoms in total. The number of fused-ring (bicyclic) bond motifs is 1. The Hall–Kier alpha value is -2.59. The van der Waals surface area contributed by atoms with Crippen LogP contribution in [0, 0.1) is 0 Å². The number of benzene rings is 2. The zero-order chi connectivity index (χ0) is 17.8. The maximum Gasteiger partial charge on any atom is 0.253 e. The van der Waals surface area contributed by atoms with Crippen LogP contribution in [0.5, 0.6) is 0 Å². The summed E-state index contributed by atoms with van der Waals surface area (Å²) in [6.45, 7) is 4.04. The van der Waals surface area contributed by atoms with Crippen LogP contribution in [0.1, 0.15) is 36.0 Å². The molecule has 26 heavy (non-hydrogen) atoms. The number of carbonyl (C=O) groups excluding carboxylic acids is 1. The number of likely N-dealkylation sites (tertiary alicyclic amines) is 1. The van der Waals surface area contributed by atoms with Gasteiger partial charge in [-0.1, -0.05) is 42.8 Å². The summed E-state index contributed by atoms with van der Waals surface area (Å²) in [7, 11) is 0. The van der Waals surface area contributed by atoms with Crippen molar-refractivity contribution in [1.82, 2.24) is 10.2 Å². The van der Waals surface area contributed by atoms with Gasteiger partial charge in [0.2, 0.25) is 0 Å². The molecule has 2 heterocycles. The van der Waals surface area contributed by atoms with Crippen molar-refractivity contribution in [1.29, 1.82) is 0 Å². The minimum absolute atomic E-state index is 0.0297. The number of hydrogen-bond donors (Lipinski definition) is 2. The second-order valence-corrected chi connectivity index (χ2v) is 7.08. The number of anilines is 1. The van der Waals surface area contributed by atoms with Gasteiger partial charge < -0.3 is 10.6 Å². The highest BCUT2D eigenvalue weighted by Crippen LogP contribution is 2.24. The van der Waals surface area contributed by atoms with E-state index >= 15 is 0 Å². The van der Waals surface area contributed by atoms with Crippen molar-refractivity contribution in [2.75, 3.05) is 18.4 Å². The van der Waals surface area contributed by atoms with E-state index in [0.29, 0.717) is 12.1 Å². The SMILES string of the molecule is O=C1NCc2ccccc2/C1=C\Nc1ccc(CN2CCCCC2)cc1. The summed E-state index contributed by atoms with van der Waals surface area (Å²) in [5.74, 6) is -0.0297. The first-order chi connectivity index (χ1) is 12.8. The predicted molar refractivity (Wildman–Crippen MR) is 105 cm³/mol. The highest BCUT2D eigenvalue weighted by atomic mass is 16.1. The Morgan fingerprint density at radius 2 is 1.77 bits per heavy atom. The quantitative estimate of drug-likeness (QED) is 0.828. The molecule has 0 atom stereocenters. The average molecular weight is 347 g/mol. The van der Waals surface area contributed by atoms with Gasteiger partial charge in [0.25, 0.3) is 5.91 Å². The lowest BCUT2D eigenvalue weighted by Gasteiger charge is -2.26. The van der Waals surface area contributed by atoms with Crippen molar-refractivity contribution >= 4 is 17.2 Å². The van der Waals surface area contributed by atoms with Gasteiger partial charge in [0.05, 0.1) is 5.57 Å². The minimum Gasteiger partial charge on any atom is -0.361 e. The molecule has 0 radical (unpaired) electrons. The maximum absolute atomic E-state index is 12.2. The number of nitrogens with zero attached hydrogens (tertiary/aromatic N) is 1. The predicted octanol–water partition coefficient (Wildman–Crippen LogP) is 3.76. The van der Waals surface area contributed by atoms with Gasteiger partial charge in [-0.05, 0) is 54.8 Å². The molecule has 1 saturated heterocycles. The fourth-order valence-electron chi connectivity index (χ4n) is 3.71. The Bertz CT molecular complexity index is 804. The van der Waals surface area contributed by atoms with E-state index < -0.39 is 0 Å². The van der Waals surface area contributed by atoms with E-state index in [4.69, 9.17) is 0 Å². The molecule has 0 spiro atoms. The lowest BCUT2D eigenvalue weighted by atomic mass is 9.96. The topological polar surface area (TPSA) is 44.4 Å². The molecule has 134 valence electrons. The third kappa shape index (κ3) is 3.81. The third-order valence-corrected chi connectivity index (χ3v) is 5.18. The summed E-state index contributed by atoms with van der Waals surface area (Å²) in [5, 5.41) is 6.21. The molecule has 0 aliphatic carbocycles. The molecule has 2 aromatic rings. The molecule has 2 N–H and O–H groups in total. The Morgan fingerprint density at radius 3 is 2.58 bits per heavy atom. The Kier molecular flexibility index (Phi) is 5.02. The molecule has 4 rings (SSSR count). The zero-order valence-corrected chi connectivity index (χ0v) is 15.0. The number of amides is 1. The maximum atomic E-state index is 12.2. The van der Waals surface area contributed by atoms with Crippen LogP contribution in [-0.2, 0) is 17.9 Å². The van der Waals surface area contributed by atoms with Crippen molar-refractivity contribution < 1.29 is 4.79 Å². The van der Waals surface area contributed by atoms with Gasteiger partial charge in [0.15, 0.2) is 0 Å². The van der Waals surface area contributed by atoms with Gasteiger partial charge in [0.1, 0.15) is 0 Å². The van der Waals surface area contributed by atoms with Crippen LogP contribution in [-0.4, -0.2) is 23.9 Å². The summed E-state index contributed by atoms with van der Waals surface area (Å²) in [6.07, 6.45) is 5.81. The van der Waals surface area contributed by atoms with Crippen LogP contribution < -0.4 is 10.6 Å². The minimum atomic E-state index is -0.0297. The number of hydrogen-bond acceptors (Lipinski definition) is 3. The van der Waals surface area contributed by atoms with Crippen LogP contribution >= 0.6 is 0 Å². The zero-order valence-electron chi connectivity index (χ0n) is 15.0. The number of nitrogens with one attached hydrogen (secondary N) is 2. The van der Waals surface area contributed by atoms with Gasteiger partial charge in [0, 0.05) is 25.0 Å². The van der Waals surface area contributed by atoms with E-state index in [9.17, 15) is 4.79 Å². The molecular weight excluding hydrogens is 322 g/mol. The standard InChI is InChI=1S/C22H25N3O/c26-22-21(20-7-3-2-6-18(20)14-24-22)15-23-19-10-8-17(9-11-19)16-25-12-4-1-5-13-25/h2-3,6-11,15,23H,1,4-5,12-14,16H2,(H,24,26)/b21-15+. The smallest absolute Gasteiger partial charge is 0.253 e. The summed E-state index contributed by atoms with van der Waals surface area (Å²) in [5.41, 5.74) is 5.17. The van der Waals surface area contributed by atoms with Gasteiger partial charge in [-0.2, -0.15) is 0 Å². The Morgan fingerprint density at radius 1 is 1.00 bits per heavy atom. The van der Waals surface area contributed by atoms with E-state index in [-0.39, 0.29) is 5.91 Å². The lowest BCUT2D eigenvalue weighted by Crippen LogP contribution is -2.29. The normalized spacial score (nSPS) is 19.1. The Balaban J connectivity index is 1.44. The first-order valence-electron chi connectivity index (χ1n) is 9.44. The lowest BCUT2D eigenvalue weighted by molar-refractivity contribution is -0.116. The van der Waals surface area contributed by atoms with Crippen molar-refractivity contribution in [3.05, 3.63) is 71.4 Å². The van der Waals surface area contributed by atoms with E-state index in [1.807, 2.05) is 24.4 Å². The van der Waals surface area contributed by atoms with Crippen molar-refractivity contribution in [3.63, 3.8) is 0 Å². The van der Waals surface area contributed by atoms with E-state index in [2.05, 4.69) is 45.9 Å². The molecule has 2 aliphatic rings. The van der Waals surface area contributed by atoms with Gasteiger partial charge in [-0.15, -0.1) is 0 Å². The molecule has 2 aromatic carbocycles. The molecule has 1 fully saturated rings. The van der Waals surface area contributed by atoms with Crippen molar-refractivity contribution in [3.8, 4) is 0 Å². The molecule has 0 aromatic heterocycles. The molecule has 1 amide bonds.